The van der Waals surface area contributed by atoms with Crippen LogP contribution in [-0.4, -0.2) is 5.25 Å². The molecule has 1 aromatic rings. The molecule has 19 heavy (non-hydrogen) atoms. The third-order valence-electron chi connectivity index (χ3n) is 4.05. The Morgan fingerprint density at radius 3 is 2.47 bits per heavy atom. The van der Waals surface area contributed by atoms with E-state index in [9.17, 15) is 5.26 Å². The van der Waals surface area contributed by atoms with Crippen LogP contribution >= 0.6 is 11.8 Å². The summed E-state index contributed by atoms with van der Waals surface area (Å²) in [6, 6.07) is 11.4. The van der Waals surface area contributed by atoms with Crippen LogP contribution in [0.3, 0.4) is 0 Å². The lowest BCUT2D eigenvalue weighted by Crippen LogP contribution is -2.24. The van der Waals surface area contributed by atoms with E-state index < -0.39 is 0 Å². The van der Waals surface area contributed by atoms with Crippen LogP contribution in [0.5, 0.6) is 0 Å². The van der Waals surface area contributed by atoms with Gasteiger partial charge in [-0.15, -0.1) is 11.8 Å². The first-order valence-corrected chi connectivity index (χ1v) is 8.14. The van der Waals surface area contributed by atoms with E-state index in [4.69, 9.17) is 0 Å². The summed E-state index contributed by atoms with van der Waals surface area (Å²) >= 11 is 1.90. The third kappa shape index (κ3) is 3.76. The van der Waals surface area contributed by atoms with Gasteiger partial charge < -0.3 is 0 Å². The van der Waals surface area contributed by atoms with E-state index in [1.54, 1.807) is 0 Å². The maximum atomic E-state index is 9.28. The minimum absolute atomic E-state index is 0.228. The number of nitrogens with zero attached hydrogens (tertiary/aromatic N) is 1. The van der Waals surface area contributed by atoms with Crippen molar-refractivity contribution in [2.24, 2.45) is 11.8 Å². The number of nitriles is 1. The zero-order valence-corrected chi connectivity index (χ0v) is 12.9. The lowest BCUT2D eigenvalue weighted by Gasteiger charge is -2.30. The Labute approximate surface area is 121 Å². The SMILES string of the molecule is CC1CCC(C#N)C(Sc2ccc(C(C)C)cc2)C1. The molecule has 0 amide bonds. The van der Waals surface area contributed by atoms with E-state index in [0.717, 1.165) is 12.3 Å². The highest BCUT2D eigenvalue weighted by atomic mass is 32.2. The maximum absolute atomic E-state index is 9.28. The highest BCUT2D eigenvalue weighted by molar-refractivity contribution is 8.00. The van der Waals surface area contributed by atoms with Crippen molar-refractivity contribution >= 4 is 11.8 Å². The number of hydrogen-bond acceptors (Lipinski definition) is 2. The van der Waals surface area contributed by atoms with Crippen molar-refractivity contribution in [2.45, 2.75) is 56.1 Å². The fourth-order valence-corrected chi connectivity index (χ4v) is 4.14. The molecular formula is C17H23NS. The Hall–Kier alpha value is -0.940. The molecule has 3 unspecified atom stereocenters. The van der Waals surface area contributed by atoms with E-state index >= 15 is 0 Å². The van der Waals surface area contributed by atoms with Crippen molar-refractivity contribution < 1.29 is 0 Å². The van der Waals surface area contributed by atoms with Gasteiger partial charge in [0.15, 0.2) is 0 Å². The van der Waals surface area contributed by atoms with E-state index in [-0.39, 0.29) is 5.92 Å². The number of benzene rings is 1. The maximum Gasteiger partial charge on any atom is 0.0667 e. The second-order valence-electron chi connectivity index (χ2n) is 6.03. The first-order chi connectivity index (χ1) is 9.10. The van der Waals surface area contributed by atoms with E-state index in [1.807, 2.05) is 11.8 Å². The van der Waals surface area contributed by atoms with Gasteiger partial charge >= 0.3 is 0 Å². The topological polar surface area (TPSA) is 23.8 Å². The van der Waals surface area contributed by atoms with Gasteiger partial charge in [-0.3, -0.25) is 0 Å². The summed E-state index contributed by atoms with van der Waals surface area (Å²) in [5, 5.41) is 9.75. The Kier molecular flexibility index (Phi) is 4.93. The second kappa shape index (κ2) is 6.48. The van der Waals surface area contributed by atoms with Gasteiger partial charge in [-0.25, -0.2) is 0 Å². The average molecular weight is 273 g/mol. The van der Waals surface area contributed by atoms with E-state index in [1.165, 1.54) is 23.3 Å². The molecule has 0 N–H and O–H groups in total. The minimum atomic E-state index is 0.228. The molecule has 0 aliphatic heterocycles. The van der Waals surface area contributed by atoms with Gasteiger partial charge in [-0.1, -0.05) is 32.9 Å². The van der Waals surface area contributed by atoms with Crippen LogP contribution in [0.4, 0.5) is 0 Å². The molecule has 3 atom stereocenters. The molecule has 0 spiro atoms. The molecule has 0 bridgehead atoms. The standard InChI is InChI=1S/C17H23NS/c1-12(2)14-6-8-16(9-7-14)19-17-10-13(3)4-5-15(17)11-18/h6-9,12-13,15,17H,4-5,10H2,1-3H3. The molecule has 0 aromatic heterocycles. The van der Waals surface area contributed by atoms with Crippen LogP contribution in [0.2, 0.25) is 0 Å². The molecule has 1 aliphatic carbocycles. The summed E-state index contributed by atoms with van der Waals surface area (Å²) in [7, 11) is 0. The van der Waals surface area contributed by atoms with E-state index in [0.29, 0.717) is 11.2 Å². The third-order valence-corrected chi connectivity index (χ3v) is 5.42. The van der Waals surface area contributed by atoms with E-state index in [2.05, 4.69) is 51.1 Å². The van der Waals surface area contributed by atoms with Crippen molar-refractivity contribution in [2.75, 3.05) is 0 Å². The summed E-state index contributed by atoms with van der Waals surface area (Å²) < 4.78 is 0. The monoisotopic (exact) mass is 273 g/mol. The van der Waals surface area contributed by atoms with Gasteiger partial charge in [-0.05, 0) is 48.8 Å². The Bertz CT molecular complexity index is 443. The fraction of sp³-hybridized carbons (Fsp3) is 0.588. The fourth-order valence-electron chi connectivity index (χ4n) is 2.71. The van der Waals surface area contributed by atoms with Crippen LogP contribution in [0.25, 0.3) is 0 Å². The first-order valence-electron chi connectivity index (χ1n) is 7.26. The predicted molar refractivity (Wildman–Crippen MR) is 82.3 cm³/mol. The number of rotatable bonds is 3. The molecule has 1 aliphatic rings. The summed E-state index contributed by atoms with van der Waals surface area (Å²) in [5.41, 5.74) is 1.39. The highest BCUT2D eigenvalue weighted by Gasteiger charge is 2.29. The molecular weight excluding hydrogens is 250 g/mol. The lowest BCUT2D eigenvalue weighted by atomic mass is 9.83. The van der Waals surface area contributed by atoms with Gasteiger partial charge in [-0.2, -0.15) is 5.26 Å². The quantitative estimate of drug-likeness (QED) is 0.753. The minimum Gasteiger partial charge on any atom is -0.198 e. The molecule has 2 rings (SSSR count). The zero-order chi connectivity index (χ0) is 13.8. The van der Waals surface area contributed by atoms with Crippen molar-refractivity contribution in [1.82, 2.24) is 0 Å². The van der Waals surface area contributed by atoms with Crippen LogP contribution in [0.1, 0.15) is 51.5 Å². The molecule has 0 radical (unpaired) electrons. The Balaban J connectivity index is 2.04. The van der Waals surface area contributed by atoms with Crippen molar-refractivity contribution in [1.29, 1.82) is 5.26 Å². The van der Waals surface area contributed by atoms with Gasteiger partial charge in [0.1, 0.15) is 0 Å². The summed E-state index contributed by atoms with van der Waals surface area (Å²) in [5.74, 6) is 1.57. The molecule has 1 saturated carbocycles. The van der Waals surface area contributed by atoms with Crippen molar-refractivity contribution in [3.8, 4) is 6.07 Å². The van der Waals surface area contributed by atoms with Crippen LogP contribution < -0.4 is 0 Å². The molecule has 1 nitrogen and oxygen atoms in total. The van der Waals surface area contributed by atoms with Crippen LogP contribution in [0.15, 0.2) is 29.2 Å². The second-order valence-corrected chi connectivity index (χ2v) is 7.35. The van der Waals surface area contributed by atoms with Gasteiger partial charge in [0.25, 0.3) is 0 Å². The molecule has 0 saturated heterocycles. The molecule has 1 fully saturated rings. The number of hydrogen-bond donors (Lipinski definition) is 0. The average Bonchev–Trinajstić information content (AvgIpc) is 2.39. The number of thioether (sulfide) groups is 1. The summed E-state index contributed by atoms with van der Waals surface area (Å²) in [6.07, 6.45) is 3.45. The van der Waals surface area contributed by atoms with Gasteiger partial charge in [0, 0.05) is 10.1 Å². The first kappa shape index (κ1) is 14.5. The normalized spacial score (nSPS) is 27.2. The summed E-state index contributed by atoms with van der Waals surface area (Å²) in [4.78, 5) is 1.31. The van der Waals surface area contributed by atoms with Gasteiger partial charge in [0.05, 0.1) is 12.0 Å². The Morgan fingerprint density at radius 2 is 1.89 bits per heavy atom. The smallest absolute Gasteiger partial charge is 0.0667 e. The van der Waals surface area contributed by atoms with Gasteiger partial charge in [0.2, 0.25) is 0 Å². The molecule has 2 heteroatoms. The van der Waals surface area contributed by atoms with Crippen molar-refractivity contribution in [3.05, 3.63) is 29.8 Å². The van der Waals surface area contributed by atoms with Crippen LogP contribution in [0, 0.1) is 23.2 Å². The zero-order valence-electron chi connectivity index (χ0n) is 12.1. The predicted octanol–water partition coefficient (Wildman–Crippen LogP) is 5.23. The lowest BCUT2D eigenvalue weighted by molar-refractivity contribution is 0.346. The largest absolute Gasteiger partial charge is 0.198 e. The van der Waals surface area contributed by atoms with Crippen molar-refractivity contribution in [3.63, 3.8) is 0 Å². The van der Waals surface area contributed by atoms with Crippen LogP contribution in [-0.2, 0) is 0 Å². The summed E-state index contributed by atoms with van der Waals surface area (Å²) in [6.45, 7) is 6.75. The Morgan fingerprint density at radius 1 is 1.21 bits per heavy atom. The molecule has 102 valence electrons. The molecule has 1 aromatic carbocycles. The highest BCUT2D eigenvalue weighted by Crippen LogP contribution is 2.39. The molecule has 0 heterocycles.